The molecule has 1 atom stereocenters. The molecular weight excluding hydrogens is 813 g/mol. The molecular formula is C61H104O5. The minimum Gasteiger partial charge on any atom is -0.462 e. The summed E-state index contributed by atoms with van der Waals surface area (Å²) in [6.45, 7) is 7.61. The first kappa shape index (κ1) is 62.8. The first-order chi connectivity index (χ1) is 32.6. The molecule has 0 saturated carbocycles. The quantitative estimate of drug-likeness (QED) is 0.0346. The Labute approximate surface area is 409 Å². The monoisotopic (exact) mass is 917 g/mol. The zero-order valence-electron chi connectivity index (χ0n) is 43.4. The Bertz CT molecular complexity index is 1270. The lowest BCUT2D eigenvalue weighted by Crippen LogP contribution is -2.30. The minimum absolute atomic E-state index is 0.0659. The van der Waals surface area contributed by atoms with Gasteiger partial charge < -0.3 is 14.2 Å². The van der Waals surface area contributed by atoms with Gasteiger partial charge in [-0.3, -0.25) is 9.59 Å². The second-order valence-electron chi connectivity index (χ2n) is 18.1. The van der Waals surface area contributed by atoms with E-state index in [1.807, 2.05) is 0 Å². The number of rotatable bonds is 50. The van der Waals surface area contributed by atoms with Crippen molar-refractivity contribution in [1.82, 2.24) is 0 Å². The van der Waals surface area contributed by atoms with Crippen LogP contribution in [0.3, 0.4) is 0 Å². The van der Waals surface area contributed by atoms with Crippen LogP contribution in [0.1, 0.15) is 252 Å². The number of ether oxygens (including phenoxy) is 3. The molecule has 5 nitrogen and oxygen atoms in total. The molecule has 0 aromatic rings. The number of hydrogen-bond donors (Lipinski definition) is 0. The molecule has 0 spiro atoms. The van der Waals surface area contributed by atoms with Crippen molar-refractivity contribution in [3.8, 4) is 0 Å². The van der Waals surface area contributed by atoms with E-state index in [0.717, 1.165) is 103 Å². The summed E-state index contributed by atoms with van der Waals surface area (Å²) in [6.07, 6.45) is 75.6. The summed E-state index contributed by atoms with van der Waals surface area (Å²) in [5.41, 5.74) is 0. The Kier molecular flexibility index (Phi) is 53.4. The van der Waals surface area contributed by atoms with Crippen molar-refractivity contribution in [3.63, 3.8) is 0 Å². The molecule has 5 heteroatoms. The van der Waals surface area contributed by atoms with Gasteiger partial charge in [0.05, 0.1) is 6.61 Å². The maximum Gasteiger partial charge on any atom is 0.306 e. The van der Waals surface area contributed by atoms with Gasteiger partial charge in [0, 0.05) is 19.4 Å². The fourth-order valence-electron chi connectivity index (χ4n) is 7.43. The van der Waals surface area contributed by atoms with Crippen molar-refractivity contribution in [2.45, 2.75) is 258 Å². The lowest BCUT2D eigenvalue weighted by molar-refractivity contribution is -0.163. The summed E-state index contributed by atoms with van der Waals surface area (Å²) < 4.78 is 17.4. The number of allylic oxidation sites excluding steroid dienone is 16. The van der Waals surface area contributed by atoms with E-state index in [0.29, 0.717) is 19.4 Å². The summed E-state index contributed by atoms with van der Waals surface area (Å²) >= 11 is 0. The van der Waals surface area contributed by atoms with Crippen LogP contribution in [0.2, 0.25) is 0 Å². The molecule has 0 radical (unpaired) electrons. The number of unbranched alkanes of at least 4 members (excludes halogenated alkanes) is 23. The lowest BCUT2D eigenvalue weighted by Gasteiger charge is -2.18. The van der Waals surface area contributed by atoms with Gasteiger partial charge in [-0.1, -0.05) is 221 Å². The van der Waals surface area contributed by atoms with Gasteiger partial charge in [-0.15, -0.1) is 0 Å². The van der Waals surface area contributed by atoms with Crippen LogP contribution in [0.25, 0.3) is 0 Å². The zero-order valence-corrected chi connectivity index (χ0v) is 43.4. The van der Waals surface area contributed by atoms with Crippen LogP contribution >= 0.6 is 0 Å². The second-order valence-corrected chi connectivity index (χ2v) is 18.1. The average Bonchev–Trinajstić information content (AvgIpc) is 3.32. The highest BCUT2D eigenvalue weighted by Gasteiger charge is 2.17. The maximum absolute atomic E-state index is 12.8. The van der Waals surface area contributed by atoms with Gasteiger partial charge in [0.2, 0.25) is 0 Å². The summed E-state index contributed by atoms with van der Waals surface area (Å²) in [5.74, 6) is -0.431. The molecule has 1 unspecified atom stereocenters. The van der Waals surface area contributed by atoms with Crippen LogP contribution in [-0.2, 0) is 23.8 Å². The molecule has 0 saturated heterocycles. The zero-order chi connectivity index (χ0) is 47.7. The van der Waals surface area contributed by atoms with Crippen LogP contribution in [0, 0.1) is 0 Å². The summed E-state index contributed by atoms with van der Waals surface area (Å²) in [6, 6.07) is 0. The number of hydrogen-bond acceptors (Lipinski definition) is 5. The molecule has 0 N–H and O–H groups in total. The molecule has 0 aliphatic heterocycles. The van der Waals surface area contributed by atoms with Crippen molar-refractivity contribution in [1.29, 1.82) is 0 Å². The highest BCUT2D eigenvalue weighted by atomic mass is 16.6. The van der Waals surface area contributed by atoms with Crippen molar-refractivity contribution >= 4 is 11.9 Å². The summed E-state index contributed by atoms with van der Waals surface area (Å²) in [5, 5.41) is 0. The first-order valence-corrected chi connectivity index (χ1v) is 27.8. The molecule has 0 rings (SSSR count). The number of esters is 2. The SMILES string of the molecule is CC/C=C\C/C=C\C/C=C\C/C=C\CCCCCCCCC(=O)OCC(COCCCCCCCCC/C=C\C/C=C\C/C=C\CCCCC)OC(=O)CCCCCCC/C=C\CCCC. The normalized spacial score (nSPS) is 13.0. The van der Waals surface area contributed by atoms with Crippen molar-refractivity contribution in [2.75, 3.05) is 19.8 Å². The molecule has 0 aromatic carbocycles. The third kappa shape index (κ3) is 53.4. The molecule has 0 heterocycles. The van der Waals surface area contributed by atoms with Crippen LogP contribution in [0.15, 0.2) is 97.2 Å². The number of carbonyl (C=O) groups excluding carboxylic acids is 2. The largest absolute Gasteiger partial charge is 0.462 e. The minimum atomic E-state index is -0.557. The van der Waals surface area contributed by atoms with E-state index in [2.05, 4.69) is 118 Å². The molecule has 0 aromatic heterocycles. The lowest BCUT2D eigenvalue weighted by atomic mass is 10.1. The van der Waals surface area contributed by atoms with Crippen molar-refractivity contribution in [3.05, 3.63) is 97.2 Å². The fourth-order valence-corrected chi connectivity index (χ4v) is 7.43. The van der Waals surface area contributed by atoms with Gasteiger partial charge in [0.1, 0.15) is 6.61 Å². The molecule has 0 aliphatic carbocycles. The van der Waals surface area contributed by atoms with Gasteiger partial charge in [0.25, 0.3) is 0 Å². The van der Waals surface area contributed by atoms with Gasteiger partial charge in [0.15, 0.2) is 6.10 Å². The second kappa shape index (κ2) is 56.1. The highest BCUT2D eigenvalue weighted by Crippen LogP contribution is 2.13. The molecule has 0 fully saturated rings. The van der Waals surface area contributed by atoms with Gasteiger partial charge in [-0.25, -0.2) is 0 Å². The maximum atomic E-state index is 12.8. The molecule has 0 amide bonds. The molecule has 0 bridgehead atoms. The van der Waals surface area contributed by atoms with E-state index in [9.17, 15) is 9.59 Å². The highest BCUT2D eigenvalue weighted by molar-refractivity contribution is 5.70. The van der Waals surface area contributed by atoms with Crippen LogP contribution in [0.4, 0.5) is 0 Å². The number of carbonyl (C=O) groups is 2. The fraction of sp³-hybridized carbons (Fsp3) is 0.705. The predicted octanol–water partition coefficient (Wildman–Crippen LogP) is 19.0. The van der Waals surface area contributed by atoms with Gasteiger partial charge in [-0.05, 0) is 116 Å². The Morgan fingerprint density at radius 2 is 0.697 bits per heavy atom. The van der Waals surface area contributed by atoms with E-state index in [1.54, 1.807) is 0 Å². The summed E-state index contributed by atoms with van der Waals surface area (Å²) in [4.78, 5) is 25.4. The Hall–Kier alpha value is -3.18. The van der Waals surface area contributed by atoms with Crippen LogP contribution in [0.5, 0.6) is 0 Å². The molecule has 378 valence electrons. The third-order valence-electron chi connectivity index (χ3n) is 11.6. The molecule has 0 aliphatic rings. The van der Waals surface area contributed by atoms with E-state index >= 15 is 0 Å². The Morgan fingerprint density at radius 3 is 1.15 bits per heavy atom. The third-order valence-corrected chi connectivity index (χ3v) is 11.6. The van der Waals surface area contributed by atoms with Crippen molar-refractivity contribution in [2.24, 2.45) is 0 Å². The average molecular weight is 917 g/mol. The van der Waals surface area contributed by atoms with Gasteiger partial charge >= 0.3 is 11.9 Å². The van der Waals surface area contributed by atoms with Gasteiger partial charge in [-0.2, -0.15) is 0 Å². The smallest absolute Gasteiger partial charge is 0.306 e. The standard InChI is InChI=1S/C61H104O5/c1-4-7-10-13-16-19-22-24-26-28-30-32-34-36-38-41-44-47-50-53-56-64-57-59(66-61(63)55-52-49-46-43-39-21-18-15-12-9-6-3)58-65-60(62)54-51-48-45-42-40-37-35-33-31-29-27-25-23-20-17-14-11-8-5-2/h8,11,15-20,24-27,30-33,59H,4-7,9-10,12-14,21-23,28-29,34-58H2,1-3H3/b11-8-,18-15-,19-16-,20-17-,26-24-,27-25-,32-30-,33-31-. The van der Waals surface area contributed by atoms with Crippen molar-refractivity contribution < 1.29 is 23.8 Å². The van der Waals surface area contributed by atoms with E-state index < -0.39 is 6.10 Å². The first-order valence-electron chi connectivity index (χ1n) is 27.8. The van der Waals surface area contributed by atoms with E-state index in [-0.39, 0.29) is 25.2 Å². The Morgan fingerprint density at radius 1 is 0.348 bits per heavy atom. The predicted molar refractivity (Wildman–Crippen MR) is 288 cm³/mol. The topological polar surface area (TPSA) is 61.8 Å². The van der Waals surface area contributed by atoms with Crippen LogP contribution < -0.4 is 0 Å². The molecule has 66 heavy (non-hydrogen) atoms. The van der Waals surface area contributed by atoms with E-state index in [4.69, 9.17) is 14.2 Å². The Balaban J connectivity index is 4.28. The summed E-state index contributed by atoms with van der Waals surface area (Å²) in [7, 11) is 0. The van der Waals surface area contributed by atoms with E-state index in [1.165, 1.54) is 116 Å². The van der Waals surface area contributed by atoms with Crippen LogP contribution in [-0.4, -0.2) is 37.9 Å².